The van der Waals surface area contributed by atoms with Crippen molar-refractivity contribution in [3.05, 3.63) is 47.2 Å². The number of nitrogens with one attached hydrogen (secondary N) is 1. The van der Waals surface area contributed by atoms with Gasteiger partial charge in [0.15, 0.2) is 5.16 Å². The number of anilines is 1. The summed E-state index contributed by atoms with van der Waals surface area (Å²) >= 11 is 4.68. The Morgan fingerprint density at radius 3 is 2.67 bits per heavy atom. The highest BCUT2D eigenvalue weighted by molar-refractivity contribution is 9.10. The van der Waals surface area contributed by atoms with Crippen LogP contribution in [0.3, 0.4) is 0 Å². The number of benzene rings is 1. The Morgan fingerprint density at radius 1 is 1.22 bits per heavy atom. The number of para-hydroxylation sites is 1. The summed E-state index contributed by atoms with van der Waals surface area (Å²) in [6.07, 6.45) is 3.31. The van der Waals surface area contributed by atoms with Gasteiger partial charge in [0.1, 0.15) is 0 Å². The van der Waals surface area contributed by atoms with E-state index in [1.165, 1.54) is 11.8 Å². The van der Waals surface area contributed by atoms with E-state index in [2.05, 4.69) is 31.2 Å². The van der Waals surface area contributed by atoms with Crippen LogP contribution in [0.4, 0.5) is 5.69 Å². The Labute approximate surface area is 117 Å². The van der Waals surface area contributed by atoms with E-state index in [9.17, 15) is 4.79 Å². The first-order chi connectivity index (χ1) is 8.75. The maximum atomic E-state index is 11.7. The summed E-state index contributed by atoms with van der Waals surface area (Å²) in [5, 5.41) is 3.42. The molecule has 0 aliphatic carbocycles. The van der Waals surface area contributed by atoms with Gasteiger partial charge in [-0.05, 0) is 34.1 Å². The van der Waals surface area contributed by atoms with Gasteiger partial charge in [0, 0.05) is 16.9 Å². The molecule has 0 unspecified atom stereocenters. The first-order valence-corrected chi connectivity index (χ1v) is 6.98. The second kappa shape index (κ2) is 6.51. The molecule has 1 aromatic carbocycles. The van der Waals surface area contributed by atoms with Crippen LogP contribution in [-0.4, -0.2) is 21.6 Å². The van der Waals surface area contributed by atoms with Gasteiger partial charge < -0.3 is 5.32 Å². The third kappa shape index (κ3) is 3.82. The third-order valence-corrected chi connectivity index (χ3v) is 3.59. The molecule has 2 aromatic rings. The number of thioether (sulfide) groups is 1. The predicted octanol–water partition coefficient (Wildman–Crippen LogP) is 2.97. The van der Waals surface area contributed by atoms with E-state index >= 15 is 0 Å². The molecule has 1 amide bonds. The van der Waals surface area contributed by atoms with Gasteiger partial charge in [-0.2, -0.15) is 0 Å². The number of halogens is 1. The highest BCUT2D eigenvalue weighted by Gasteiger charge is 2.06. The van der Waals surface area contributed by atoms with Gasteiger partial charge in [0.2, 0.25) is 5.91 Å². The van der Waals surface area contributed by atoms with Crippen molar-refractivity contribution in [2.45, 2.75) is 5.16 Å². The van der Waals surface area contributed by atoms with Crippen molar-refractivity contribution in [2.24, 2.45) is 0 Å². The minimum absolute atomic E-state index is 0.0839. The number of carbonyl (C=O) groups excluding carboxylic acids is 1. The van der Waals surface area contributed by atoms with Crippen LogP contribution in [-0.2, 0) is 4.79 Å². The molecular formula is C12H10BrN3OS. The van der Waals surface area contributed by atoms with Crippen LogP contribution >= 0.6 is 27.7 Å². The first-order valence-electron chi connectivity index (χ1n) is 5.20. The molecule has 18 heavy (non-hydrogen) atoms. The largest absolute Gasteiger partial charge is 0.324 e. The lowest BCUT2D eigenvalue weighted by molar-refractivity contribution is -0.113. The standard InChI is InChI=1S/C12H10BrN3OS/c13-9-4-1-2-5-10(9)16-11(17)8-18-12-14-6-3-7-15-12/h1-7H,8H2,(H,16,17). The van der Waals surface area contributed by atoms with Gasteiger partial charge in [-0.15, -0.1) is 0 Å². The van der Waals surface area contributed by atoms with Crippen molar-refractivity contribution in [3.8, 4) is 0 Å². The molecule has 0 fully saturated rings. The minimum atomic E-state index is -0.0839. The summed E-state index contributed by atoms with van der Waals surface area (Å²) < 4.78 is 0.860. The molecule has 0 aliphatic rings. The monoisotopic (exact) mass is 323 g/mol. The molecule has 0 saturated carbocycles. The highest BCUT2D eigenvalue weighted by atomic mass is 79.9. The van der Waals surface area contributed by atoms with E-state index in [-0.39, 0.29) is 11.7 Å². The Morgan fingerprint density at radius 2 is 1.94 bits per heavy atom. The van der Waals surface area contributed by atoms with E-state index < -0.39 is 0 Å². The fourth-order valence-electron chi connectivity index (χ4n) is 1.24. The average molecular weight is 324 g/mol. The van der Waals surface area contributed by atoms with Gasteiger partial charge in [0.25, 0.3) is 0 Å². The fourth-order valence-corrected chi connectivity index (χ4v) is 2.23. The number of hydrogen-bond donors (Lipinski definition) is 1. The van der Waals surface area contributed by atoms with Gasteiger partial charge >= 0.3 is 0 Å². The number of nitrogens with zero attached hydrogens (tertiary/aromatic N) is 2. The summed E-state index contributed by atoms with van der Waals surface area (Å²) in [7, 11) is 0. The molecule has 0 saturated heterocycles. The van der Waals surface area contributed by atoms with Crippen molar-refractivity contribution in [3.63, 3.8) is 0 Å². The van der Waals surface area contributed by atoms with Crippen LogP contribution in [0.5, 0.6) is 0 Å². The summed E-state index contributed by atoms with van der Waals surface area (Å²) in [6, 6.07) is 9.22. The topological polar surface area (TPSA) is 54.9 Å². The average Bonchev–Trinajstić information content (AvgIpc) is 2.40. The maximum Gasteiger partial charge on any atom is 0.234 e. The van der Waals surface area contributed by atoms with Gasteiger partial charge in [-0.1, -0.05) is 23.9 Å². The van der Waals surface area contributed by atoms with Crippen molar-refractivity contribution in [2.75, 3.05) is 11.1 Å². The van der Waals surface area contributed by atoms with Crippen LogP contribution in [0, 0.1) is 0 Å². The van der Waals surface area contributed by atoms with Crippen LogP contribution in [0.2, 0.25) is 0 Å². The second-order valence-corrected chi connectivity index (χ2v) is 5.14. The molecule has 0 spiro atoms. The molecule has 0 aliphatic heterocycles. The van der Waals surface area contributed by atoms with E-state index in [1.807, 2.05) is 24.3 Å². The highest BCUT2D eigenvalue weighted by Crippen LogP contribution is 2.21. The maximum absolute atomic E-state index is 11.7. The Balaban J connectivity index is 1.88. The molecule has 0 bridgehead atoms. The number of amides is 1. The molecule has 4 nitrogen and oxygen atoms in total. The zero-order valence-corrected chi connectivity index (χ0v) is 11.7. The summed E-state index contributed by atoms with van der Waals surface area (Å²) in [5.41, 5.74) is 0.761. The van der Waals surface area contributed by atoms with Crippen LogP contribution in [0.25, 0.3) is 0 Å². The number of carbonyl (C=O) groups is 1. The summed E-state index contributed by atoms with van der Waals surface area (Å²) in [5.74, 6) is 0.199. The van der Waals surface area contributed by atoms with Gasteiger partial charge in [-0.3, -0.25) is 4.79 Å². The molecular weight excluding hydrogens is 314 g/mol. The minimum Gasteiger partial charge on any atom is -0.324 e. The zero-order chi connectivity index (χ0) is 12.8. The predicted molar refractivity (Wildman–Crippen MR) is 75.5 cm³/mol. The number of hydrogen-bond acceptors (Lipinski definition) is 4. The normalized spacial score (nSPS) is 10.1. The molecule has 1 aromatic heterocycles. The lowest BCUT2D eigenvalue weighted by Gasteiger charge is -2.06. The van der Waals surface area contributed by atoms with Crippen molar-refractivity contribution < 1.29 is 4.79 Å². The number of aromatic nitrogens is 2. The molecule has 0 radical (unpaired) electrons. The molecule has 1 heterocycles. The summed E-state index contributed by atoms with van der Waals surface area (Å²) in [4.78, 5) is 19.8. The van der Waals surface area contributed by atoms with E-state index in [0.717, 1.165) is 10.2 Å². The second-order valence-electron chi connectivity index (χ2n) is 3.35. The lowest BCUT2D eigenvalue weighted by Crippen LogP contribution is -2.14. The van der Waals surface area contributed by atoms with Crippen LogP contribution in [0.1, 0.15) is 0 Å². The zero-order valence-electron chi connectivity index (χ0n) is 9.34. The molecule has 2 rings (SSSR count). The number of rotatable bonds is 4. The third-order valence-electron chi connectivity index (χ3n) is 2.02. The van der Waals surface area contributed by atoms with Crippen LogP contribution in [0.15, 0.2) is 52.4 Å². The Hall–Kier alpha value is -1.40. The Kier molecular flexibility index (Phi) is 4.72. The molecule has 92 valence electrons. The van der Waals surface area contributed by atoms with Crippen LogP contribution < -0.4 is 5.32 Å². The van der Waals surface area contributed by atoms with Crippen molar-refractivity contribution in [1.82, 2.24) is 9.97 Å². The Bertz CT molecular complexity index is 536. The lowest BCUT2D eigenvalue weighted by atomic mass is 10.3. The first kappa shape index (κ1) is 13.0. The van der Waals surface area contributed by atoms with Gasteiger partial charge in [-0.25, -0.2) is 9.97 Å². The SMILES string of the molecule is O=C(CSc1ncccn1)Nc1ccccc1Br. The molecule has 1 N–H and O–H groups in total. The van der Waals surface area contributed by atoms with Crippen molar-refractivity contribution in [1.29, 1.82) is 0 Å². The van der Waals surface area contributed by atoms with Gasteiger partial charge in [0.05, 0.1) is 11.4 Å². The fraction of sp³-hybridized carbons (Fsp3) is 0.0833. The smallest absolute Gasteiger partial charge is 0.234 e. The van der Waals surface area contributed by atoms with E-state index in [4.69, 9.17) is 0 Å². The summed E-state index contributed by atoms with van der Waals surface area (Å²) in [6.45, 7) is 0. The molecule has 6 heteroatoms. The van der Waals surface area contributed by atoms with Crippen molar-refractivity contribution >= 4 is 39.3 Å². The molecule has 0 atom stereocenters. The van der Waals surface area contributed by atoms with E-state index in [0.29, 0.717) is 5.16 Å². The van der Waals surface area contributed by atoms with E-state index in [1.54, 1.807) is 18.5 Å². The quantitative estimate of drug-likeness (QED) is 0.694.